The molecule has 1 rings (SSSR count). The molecule has 84 valence electrons. The van der Waals surface area contributed by atoms with Gasteiger partial charge in [-0.05, 0) is 36.6 Å². The third kappa shape index (κ3) is 4.00. The van der Waals surface area contributed by atoms with E-state index in [1.165, 1.54) is 6.07 Å². The second-order valence-electron chi connectivity index (χ2n) is 5.16. The normalized spacial score (nSPS) is 13.9. The Kier molecular flexibility index (Phi) is 3.86. The van der Waals surface area contributed by atoms with Crippen LogP contribution in [0.3, 0.4) is 0 Å². The van der Waals surface area contributed by atoms with Crippen molar-refractivity contribution < 1.29 is 4.39 Å². The second-order valence-corrected chi connectivity index (χ2v) is 5.16. The fourth-order valence-corrected chi connectivity index (χ4v) is 1.72. The van der Waals surface area contributed by atoms with Crippen molar-refractivity contribution in [3.05, 3.63) is 35.6 Å². The Morgan fingerprint density at radius 3 is 2.47 bits per heavy atom. The summed E-state index contributed by atoms with van der Waals surface area (Å²) in [4.78, 5) is 0. The van der Waals surface area contributed by atoms with Gasteiger partial charge in [0.2, 0.25) is 0 Å². The summed E-state index contributed by atoms with van der Waals surface area (Å²) in [5, 5.41) is 3.24. The Bertz CT molecular complexity index is 315. The summed E-state index contributed by atoms with van der Waals surface area (Å²) in [5.41, 5.74) is 1.26. The summed E-state index contributed by atoms with van der Waals surface area (Å²) in [5.74, 6) is -0.165. The van der Waals surface area contributed by atoms with Gasteiger partial charge >= 0.3 is 0 Å². The van der Waals surface area contributed by atoms with Gasteiger partial charge in [0.25, 0.3) is 0 Å². The van der Waals surface area contributed by atoms with Gasteiger partial charge in [-0.1, -0.05) is 32.9 Å². The molecule has 0 heterocycles. The Morgan fingerprint density at radius 1 is 1.33 bits per heavy atom. The van der Waals surface area contributed by atoms with Gasteiger partial charge in [-0.2, -0.15) is 0 Å². The maximum absolute atomic E-state index is 13.1. The summed E-state index contributed by atoms with van der Waals surface area (Å²) < 4.78 is 13.1. The van der Waals surface area contributed by atoms with Crippen LogP contribution in [0.4, 0.5) is 4.39 Å². The van der Waals surface area contributed by atoms with Crippen LogP contribution < -0.4 is 5.32 Å². The highest BCUT2D eigenvalue weighted by molar-refractivity contribution is 5.20. The van der Waals surface area contributed by atoms with Gasteiger partial charge in [0.15, 0.2) is 0 Å². The van der Waals surface area contributed by atoms with E-state index in [9.17, 15) is 4.39 Å². The fourth-order valence-electron chi connectivity index (χ4n) is 1.72. The van der Waals surface area contributed by atoms with Crippen LogP contribution in [0.2, 0.25) is 0 Å². The molecule has 0 bridgehead atoms. The zero-order chi connectivity index (χ0) is 11.5. The minimum Gasteiger partial charge on any atom is -0.313 e. The monoisotopic (exact) mass is 209 g/mol. The number of benzene rings is 1. The quantitative estimate of drug-likeness (QED) is 0.803. The van der Waals surface area contributed by atoms with Crippen LogP contribution in [0.15, 0.2) is 24.3 Å². The number of hydrogen-bond donors (Lipinski definition) is 1. The SMILES string of the molecule is CNC(CC(C)(C)C)c1cccc(F)c1. The molecule has 0 amide bonds. The number of halogens is 1. The van der Waals surface area contributed by atoms with Gasteiger partial charge in [0.1, 0.15) is 5.82 Å². The predicted molar refractivity (Wildman–Crippen MR) is 62.3 cm³/mol. The molecule has 1 atom stereocenters. The minimum absolute atomic E-state index is 0.165. The van der Waals surface area contributed by atoms with Crippen LogP contribution in [0.1, 0.15) is 38.8 Å². The van der Waals surface area contributed by atoms with Gasteiger partial charge in [0.05, 0.1) is 0 Å². The van der Waals surface area contributed by atoms with E-state index in [0.29, 0.717) is 0 Å². The highest BCUT2D eigenvalue weighted by Gasteiger charge is 2.18. The highest BCUT2D eigenvalue weighted by atomic mass is 19.1. The lowest BCUT2D eigenvalue weighted by molar-refractivity contribution is 0.320. The Hall–Kier alpha value is -0.890. The third-order valence-electron chi connectivity index (χ3n) is 2.42. The van der Waals surface area contributed by atoms with Crippen molar-refractivity contribution in [3.63, 3.8) is 0 Å². The van der Waals surface area contributed by atoms with Crippen molar-refractivity contribution in [3.8, 4) is 0 Å². The molecule has 0 aliphatic heterocycles. The lowest BCUT2D eigenvalue weighted by Gasteiger charge is -2.26. The second kappa shape index (κ2) is 4.75. The average Bonchev–Trinajstić information content (AvgIpc) is 2.13. The van der Waals surface area contributed by atoms with E-state index in [4.69, 9.17) is 0 Å². The number of rotatable bonds is 3. The van der Waals surface area contributed by atoms with Crippen LogP contribution in [-0.2, 0) is 0 Å². The molecule has 0 spiro atoms. The topological polar surface area (TPSA) is 12.0 Å². The summed E-state index contributed by atoms with van der Waals surface area (Å²) in [7, 11) is 1.92. The van der Waals surface area contributed by atoms with Crippen molar-refractivity contribution in [2.45, 2.75) is 33.2 Å². The molecule has 0 fully saturated rings. The van der Waals surface area contributed by atoms with Crippen LogP contribution in [0.5, 0.6) is 0 Å². The highest BCUT2D eigenvalue weighted by Crippen LogP contribution is 2.29. The molecule has 1 unspecified atom stereocenters. The van der Waals surface area contributed by atoms with E-state index in [-0.39, 0.29) is 17.3 Å². The molecule has 1 aromatic rings. The molecule has 0 aromatic heterocycles. The molecule has 15 heavy (non-hydrogen) atoms. The van der Waals surface area contributed by atoms with E-state index in [2.05, 4.69) is 26.1 Å². The fraction of sp³-hybridized carbons (Fsp3) is 0.538. The van der Waals surface area contributed by atoms with Crippen molar-refractivity contribution in [2.24, 2.45) is 5.41 Å². The van der Waals surface area contributed by atoms with E-state index in [1.807, 2.05) is 13.1 Å². The van der Waals surface area contributed by atoms with Crippen molar-refractivity contribution >= 4 is 0 Å². The minimum atomic E-state index is -0.165. The Labute approximate surface area is 91.7 Å². The molecule has 2 heteroatoms. The van der Waals surface area contributed by atoms with Crippen LogP contribution in [0, 0.1) is 11.2 Å². The first kappa shape index (κ1) is 12.2. The Balaban J connectivity index is 2.83. The van der Waals surface area contributed by atoms with Crippen molar-refractivity contribution in [1.82, 2.24) is 5.32 Å². The summed E-state index contributed by atoms with van der Waals surface area (Å²) in [6.45, 7) is 6.57. The first-order valence-corrected chi connectivity index (χ1v) is 5.35. The number of nitrogens with one attached hydrogen (secondary N) is 1. The third-order valence-corrected chi connectivity index (χ3v) is 2.42. The zero-order valence-electron chi connectivity index (χ0n) is 9.97. The summed E-state index contributed by atoms with van der Waals surface area (Å²) in [6, 6.07) is 7.04. The average molecular weight is 209 g/mol. The number of hydrogen-bond acceptors (Lipinski definition) is 1. The summed E-state index contributed by atoms with van der Waals surface area (Å²) in [6.07, 6.45) is 0.993. The van der Waals surface area contributed by atoms with Gasteiger partial charge in [0, 0.05) is 6.04 Å². The maximum atomic E-state index is 13.1. The van der Waals surface area contributed by atoms with Gasteiger partial charge in [-0.15, -0.1) is 0 Å². The first-order chi connectivity index (χ1) is 6.92. The van der Waals surface area contributed by atoms with Gasteiger partial charge < -0.3 is 5.32 Å². The van der Waals surface area contributed by atoms with Crippen LogP contribution in [-0.4, -0.2) is 7.05 Å². The molecular formula is C13H20FN. The lowest BCUT2D eigenvalue weighted by Crippen LogP contribution is -2.22. The van der Waals surface area contributed by atoms with E-state index < -0.39 is 0 Å². The zero-order valence-corrected chi connectivity index (χ0v) is 9.97. The van der Waals surface area contributed by atoms with E-state index >= 15 is 0 Å². The molecule has 0 aliphatic carbocycles. The molecule has 0 saturated carbocycles. The largest absolute Gasteiger partial charge is 0.313 e. The van der Waals surface area contributed by atoms with Gasteiger partial charge in [-0.3, -0.25) is 0 Å². The van der Waals surface area contributed by atoms with Crippen molar-refractivity contribution in [1.29, 1.82) is 0 Å². The predicted octanol–water partition coefficient (Wildman–Crippen LogP) is 3.52. The molecule has 0 aliphatic rings. The standard InChI is InChI=1S/C13H20FN/c1-13(2,3)9-12(15-4)10-6-5-7-11(14)8-10/h5-8,12,15H,9H2,1-4H3. The van der Waals surface area contributed by atoms with E-state index in [1.54, 1.807) is 12.1 Å². The van der Waals surface area contributed by atoms with Crippen LogP contribution >= 0.6 is 0 Å². The maximum Gasteiger partial charge on any atom is 0.123 e. The molecule has 1 aromatic carbocycles. The lowest BCUT2D eigenvalue weighted by atomic mass is 9.85. The van der Waals surface area contributed by atoms with E-state index in [0.717, 1.165) is 12.0 Å². The van der Waals surface area contributed by atoms with Gasteiger partial charge in [-0.25, -0.2) is 4.39 Å². The molecule has 1 N–H and O–H groups in total. The van der Waals surface area contributed by atoms with Crippen molar-refractivity contribution in [2.75, 3.05) is 7.05 Å². The smallest absolute Gasteiger partial charge is 0.123 e. The molecule has 1 nitrogen and oxygen atoms in total. The Morgan fingerprint density at radius 2 is 2.00 bits per heavy atom. The molecule has 0 radical (unpaired) electrons. The first-order valence-electron chi connectivity index (χ1n) is 5.35. The molecule has 0 saturated heterocycles. The summed E-state index contributed by atoms with van der Waals surface area (Å²) >= 11 is 0. The van der Waals surface area contributed by atoms with Crippen LogP contribution in [0.25, 0.3) is 0 Å². The molecular weight excluding hydrogens is 189 g/mol.